The SMILES string of the molecule is CC(CC#N)C1CCNC1. The summed E-state index contributed by atoms with van der Waals surface area (Å²) in [6, 6.07) is 2.22. The molecular weight excluding hydrogens is 124 g/mol. The third-order valence-corrected chi connectivity index (χ3v) is 2.32. The Hall–Kier alpha value is -0.550. The summed E-state index contributed by atoms with van der Waals surface area (Å²) in [6.07, 6.45) is 1.97. The summed E-state index contributed by atoms with van der Waals surface area (Å²) in [5.41, 5.74) is 0. The average Bonchev–Trinajstić information content (AvgIpc) is 2.38. The van der Waals surface area contributed by atoms with E-state index in [9.17, 15) is 0 Å². The molecule has 0 bridgehead atoms. The van der Waals surface area contributed by atoms with Crippen molar-refractivity contribution in [3.63, 3.8) is 0 Å². The summed E-state index contributed by atoms with van der Waals surface area (Å²) in [5.74, 6) is 1.33. The van der Waals surface area contributed by atoms with E-state index >= 15 is 0 Å². The van der Waals surface area contributed by atoms with E-state index in [0.29, 0.717) is 12.3 Å². The van der Waals surface area contributed by atoms with Gasteiger partial charge in [-0.15, -0.1) is 0 Å². The van der Waals surface area contributed by atoms with Gasteiger partial charge in [0.2, 0.25) is 0 Å². The van der Waals surface area contributed by atoms with Crippen LogP contribution in [0.5, 0.6) is 0 Å². The number of hydrogen-bond donors (Lipinski definition) is 1. The first-order valence-electron chi connectivity index (χ1n) is 3.92. The third kappa shape index (κ3) is 1.71. The quantitative estimate of drug-likeness (QED) is 0.621. The van der Waals surface area contributed by atoms with E-state index in [1.54, 1.807) is 0 Å². The van der Waals surface area contributed by atoms with Gasteiger partial charge in [0.25, 0.3) is 0 Å². The predicted molar refractivity (Wildman–Crippen MR) is 40.4 cm³/mol. The molecule has 1 N–H and O–H groups in total. The second kappa shape index (κ2) is 3.58. The normalized spacial score (nSPS) is 27.8. The molecule has 0 saturated carbocycles. The summed E-state index contributed by atoms with van der Waals surface area (Å²) in [5, 5.41) is 11.7. The van der Waals surface area contributed by atoms with Crippen molar-refractivity contribution in [2.45, 2.75) is 19.8 Å². The van der Waals surface area contributed by atoms with Crippen molar-refractivity contribution in [2.24, 2.45) is 11.8 Å². The van der Waals surface area contributed by atoms with Crippen LogP contribution in [0.2, 0.25) is 0 Å². The molecule has 2 atom stereocenters. The van der Waals surface area contributed by atoms with Gasteiger partial charge in [-0.05, 0) is 31.3 Å². The second-order valence-corrected chi connectivity index (χ2v) is 3.09. The van der Waals surface area contributed by atoms with Gasteiger partial charge in [-0.2, -0.15) is 5.26 Å². The number of nitriles is 1. The minimum Gasteiger partial charge on any atom is -0.316 e. The molecule has 1 saturated heterocycles. The molecule has 2 unspecified atom stereocenters. The Labute approximate surface area is 62.2 Å². The molecule has 1 aliphatic rings. The predicted octanol–water partition coefficient (Wildman–Crippen LogP) is 1.15. The smallest absolute Gasteiger partial charge is 0.0624 e. The number of hydrogen-bond acceptors (Lipinski definition) is 2. The fourth-order valence-corrected chi connectivity index (χ4v) is 1.47. The standard InChI is InChI=1S/C8H14N2/c1-7(2-4-9)8-3-5-10-6-8/h7-8,10H,2-3,5-6H2,1H3. The van der Waals surface area contributed by atoms with Crippen LogP contribution in [-0.2, 0) is 0 Å². The molecule has 1 aliphatic heterocycles. The lowest BCUT2D eigenvalue weighted by Gasteiger charge is -2.13. The van der Waals surface area contributed by atoms with Crippen molar-refractivity contribution >= 4 is 0 Å². The molecule has 0 aromatic heterocycles. The largest absolute Gasteiger partial charge is 0.316 e. The van der Waals surface area contributed by atoms with Gasteiger partial charge < -0.3 is 5.32 Å². The van der Waals surface area contributed by atoms with Crippen LogP contribution in [0.3, 0.4) is 0 Å². The maximum atomic E-state index is 8.43. The van der Waals surface area contributed by atoms with Crippen molar-refractivity contribution in [1.29, 1.82) is 5.26 Å². The first-order chi connectivity index (χ1) is 4.84. The van der Waals surface area contributed by atoms with Crippen LogP contribution >= 0.6 is 0 Å². The van der Waals surface area contributed by atoms with Gasteiger partial charge in [0.05, 0.1) is 6.07 Å². The summed E-state index contributed by atoms with van der Waals surface area (Å²) in [7, 11) is 0. The first kappa shape index (κ1) is 7.56. The van der Waals surface area contributed by atoms with E-state index in [0.717, 1.165) is 19.0 Å². The Morgan fingerprint density at radius 2 is 2.60 bits per heavy atom. The lowest BCUT2D eigenvalue weighted by atomic mass is 9.91. The summed E-state index contributed by atoms with van der Waals surface area (Å²) in [6.45, 7) is 4.42. The molecule has 1 heterocycles. The first-order valence-corrected chi connectivity index (χ1v) is 3.92. The fourth-order valence-electron chi connectivity index (χ4n) is 1.47. The Balaban J connectivity index is 2.26. The number of nitrogens with one attached hydrogen (secondary N) is 1. The molecule has 56 valence electrons. The minimum atomic E-state index is 0.583. The zero-order valence-electron chi connectivity index (χ0n) is 6.43. The Morgan fingerprint density at radius 3 is 3.10 bits per heavy atom. The highest BCUT2D eigenvalue weighted by atomic mass is 14.9. The highest BCUT2D eigenvalue weighted by Crippen LogP contribution is 2.20. The van der Waals surface area contributed by atoms with Crippen molar-refractivity contribution in [3.8, 4) is 6.07 Å². The van der Waals surface area contributed by atoms with Crippen molar-refractivity contribution in [3.05, 3.63) is 0 Å². The third-order valence-electron chi connectivity index (χ3n) is 2.32. The molecule has 1 rings (SSSR count). The Bertz CT molecular complexity index is 131. The van der Waals surface area contributed by atoms with Gasteiger partial charge >= 0.3 is 0 Å². The Morgan fingerprint density at radius 1 is 1.80 bits per heavy atom. The van der Waals surface area contributed by atoms with Crippen LogP contribution in [0, 0.1) is 23.2 Å². The minimum absolute atomic E-state index is 0.583. The molecule has 1 fully saturated rings. The van der Waals surface area contributed by atoms with Crippen molar-refractivity contribution in [1.82, 2.24) is 5.32 Å². The van der Waals surface area contributed by atoms with E-state index < -0.39 is 0 Å². The van der Waals surface area contributed by atoms with Crippen LogP contribution in [-0.4, -0.2) is 13.1 Å². The van der Waals surface area contributed by atoms with Gasteiger partial charge in [0, 0.05) is 6.42 Å². The molecule has 0 amide bonds. The van der Waals surface area contributed by atoms with Crippen LogP contribution < -0.4 is 5.32 Å². The van der Waals surface area contributed by atoms with Gasteiger partial charge in [-0.25, -0.2) is 0 Å². The molecule has 0 aliphatic carbocycles. The highest BCUT2D eigenvalue weighted by molar-refractivity contribution is 4.82. The zero-order valence-corrected chi connectivity index (χ0v) is 6.43. The van der Waals surface area contributed by atoms with Gasteiger partial charge in [0.1, 0.15) is 0 Å². The van der Waals surface area contributed by atoms with Crippen LogP contribution in [0.1, 0.15) is 19.8 Å². The van der Waals surface area contributed by atoms with E-state index in [-0.39, 0.29) is 0 Å². The highest BCUT2D eigenvalue weighted by Gasteiger charge is 2.20. The average molecular weight is 138 g/mol. The molecular formula is C8H14N2. The van der Waals surface area contributed by atoms with E-state index in [2.05, 4.69) is 18.3 Å². The zero-order chi connectivity index (χ0) is 7.40. The van der Waals surface area contributed by atoms with Gasteiger partial charge in [0.15, 0.2) is 0 Å². The molecule has 0 spiro atoms. The molecule has 2 nitrogen and oxygen atoms in total. The number of rotatable bonds is 2. The van der Waals surface area contributed by atoms with Crippen molar-refractivity contribution in [2.75, 3.05) is 13.1 Å². The van der Waals surface area contributed by atoms with E-state index in [4.69, 9.17) is 5.26 Å². The molecule has 2 heteroatoms. The van der Waals surface area contributed by atoms with E-state index in [1.807, 2.05) is 0 Å². The topological polar surface area (TPSA) is 35.8 Å². The lowest BCUT2D eigenvalue weighted by molar-refractivity contribution is 0.394. The van der Waals surface area contributed by atoms with Crippen molar-refractivity contribution < 1.29 is 0 Å². The molecule has 0 aromatic carbocycles. The van der Waals surface area contributed by atoms with Crippen LogP contribution in [0.25, 0.3) is 0 Å². The number of nitrogens with zero attached hydrogens (tertiary/aromatic N) is 1. The van der Waals surface area contributed by atoms with Gasteiger partial charge in [-0.1, -0.05) is 6.92 Å². The van der Waals surface area contributed by atoms with Crippen LogP contribution in [0.15, 0.2) is 0 Å². The fraction of sp³-hybridized carbons (Fsp3) is 0.875. The maximum absolute atomic E-state index is 8.43. The van der Waals surface area contributed by atoms with Crippen LogP contribution in [0.4, 0.5) is 0 Å². The summed E-state index contributed by atoms with van der Waals surface area (Å²) < 4.78 is 0. The summed E-state index contributed by atoms with van der Waals surface area (Å²) >= 11 is 0. The Kier molecular flexibility index (Phi) is 2.70. The van der Waals surface area contributed by atoms with E-state index in [1.165, 1.54) is 6.42 Å². The monoisotopic (exact) mass is 138 g/mol. The molecule has 10 heavy (non-hydrogen) atoms. The lowest BCUT2D eigenvalue weighted by Crippen LogP contribution is -2.14. The maximum Gasteiger partial charge on any atom is 0.0624 e. The molecule has 0 aromatic rings. The molecule has 0 radical (unpaired) electrons. The van der Waals surface area contributed by atoms with Gasteiger partial charge in [-0.3, -0.25) is 0 Å². The summed E-state index contributed by atoms with van der Waals surface area (Å²) in [4.78, 5) is 0. The second-order valence-electron chi connectivity index (χ2n) is 3.09.